The predicted octanol–water partition coefficient (Wildman–Crippen LogP) is 5.92. The van der Waals surface area contributed by atoms with Gasteiger partial charge in [0.15, 0.2) is 0 Å². The quantitative estimate of drug-likeness (QED) is 0.595. The van der Waals surface area contributed by atoms with Crippen LogP contribution in [0, 0.1) is 19.7 Å². The van der Waals surface area contributed by atoms with Crippen molar-refractivity contribution in [2.24, 2.45) is 0 Å². The van der Waals surface area contributed by atoms with Gasteiger partial charge in [-0.3, -0.25) is 0 Å². The van der Waals surface area contributed by atoms with Gasteiger partial charge in [0.25, 0.3) is 0 Å². The molecule has 0 spiro atoms. The number of allylic oxidation sites excluding steroid dienone is 7. The number of benzene rings is 1. The molecule has 0 N–H and O–H groups in total. The summed E-state index contributed by atoms with van der Waals surface area (Å²) in [7, 11) is 0. The lowest BCUT2D eigenvalue weighted by Crippen LogP contribution is -1.97. The van der Waals surface area contributed by atoms with Crippen LogP contribution in [0.5, 0.6) is 0 Å². The summed E-state index contributed by atoms with van der Waals surface area (Å²) in [5.74, 6) is -0.155. The first-order chi connectivity index (χ1) is 9.42. The second-order valence-corrected chi connectivity index (χ2v) is 5.05. The van der Waals surface area contributed by atoms with Crippen molar-refractivity contribution < 1.29 is 4.39 Å². The average Bonchev–Trinajstić information content (AvgIpc) is 2.36. The second kappa shape index (κ2) is 7.04. The van der Waals surface area contributed by atoms with Crippen LogP contribution in [0.3, 0.4) is 0 Å². The molecule has 0 aromatic heterocycles. The maximum Gasteiger partial charge on any atom is 0.131 e. The molecule has 0 bridgehead atoms. The van der Waals surface area contributed by atoms with Gasteiger partial charge in [-0.25, -0.2) is 4.39 Å². The Kier molecular flexibility index (Phi) is 5.69. The van der Waals surface area contributed by atoms with Crippen molar-refractivity contribution in [1.82, 2.24) is 0 Å². The summed E-state index contributed by atoms with van der Waals surface area (Å²) in [5, 5.41) is 0. The monoisotopic (exact) mass is 270 g/mol. The molecule has 106 valence electrons. The summed E-state index contributed by atoms with van der Waals surface area (Å²) in [6.07, 6.45) is 7.69. The molecule has 0 saturated heterocycles. The van der Waals surface area contributed by atoms with Crippen molar-refractivity contribution in [1.29, 1.82) is 0 Å². The largest absolute Gasteiger partial charge is 0.206 e. The minimum atomic E-state index is -0.155. The van der Waals surface area contributed by atoms with Crippen LogP contribution in [-0.2, 0) is 0 Å². The van der Waals surface area contributed by atoms with Gasteiger partial charge in [0, 0.05) is 5.56 Å². The first kappa shape index (κ1) is 16.2. The lowest BCUT2D eigenvalue weighted by atomic mass is 9.92. The van der Waals surface area contributed by atoms with Crippen LogP contribution >= 0.6 is 0 Å². The summed E-state index contributed by atoms with van der Waals surface area (Å²) >= 11 is 0. The molecule has 0 radical (unpaired) electrons. The van der Waals surface area contributed by atoms with Crippen molar-refractivity contribution in [2.75, 3.05) is 0 Å². The minimum Gasteiger partial charge on any atom is -0.206 e. The Morgan fingerprint density at radius 1 is 1.20 bits per heavy atom. The van der Waals surface area contributed by atoms with Crippen LogP contribution in [0.2, 0.25) is 0 Å². The van der Waals surface area contributed by atoms with E-state index in [4.69, 9.17) is 0 Å². The number of hydrogen-bond donors (Lipinski definition) is 0. The maximum absolute atomic E-state index is 14.3. The Labute approximate surface area is 122 Å². The van der Waals surface area contributed by atoms with Crippen molar-refractivity contribution in [3.8, 4) is 0 Å². The number of aryl methyl sites for hydroxylation is 2. The average molecular weight is 270 g/mol. The molecule has 0 aliphatic carbocycles. The molecule has 0 amide bonds. The summed E-state index contributed by atoms with van der Waals surface area (Å²) in [6, 6.07) is 3.60. The molecule has 20 heavy (non-hydrogen) atoms. The summed E-state index contributed by atoms with van der Waals surface area (Å²) in [5.41, 5.74) is 5.70. The molecule has 0 saturated carbocycles. The van der Waals surface area contributed by atoms with E-state index in [1.807, 2.05) is 58.9 Å². The van der Waals surface area contributed by atoms with Crippen molar-refractivity contribution in [3.63, 3.8) is 0 Å². The smallest absolute Gasteiger partial charge is 0.131 e. The zero-order chi connectivity index (χ0) is 15.3. The fourth-order valence-electron chi connectivity index (χ4n) is 2.41. The van der Waals surface area contributed by atoms with Gasteiger partial charge in [0.1, 0.15) is 5.82 Å². The van der Waals surface area contributed by atoms with Crippen molar-refractivity contribution >= 4 is 5.57 Å². The molecule has 0 atom stereocenters. The van der Waals surface area contributed by atoms with E-state index in [2.05, 4.69) is 6.58 Å². The third-order valence-corrected chi connectivity index (χ3v) is 3.45. The fourth-order valence-corrected chi connectivity index (χ4v) is 2.41. The highest BCUT2D eigenvalue weighted by Gasteiger charge is 2.12. The van der Waals surface area contributed by atoms with E-state index in [1.54, 1.807) is 12.1 Å². The van der Waals surface area contributed by atoms with Crippen molar-refractivity contribution in [2.45, 2.75) is 34.6 Å². The minimum absolute atomic E-state index is 0.155. The third kappa shape index (κ3) is 3.57. The van der Waals surface area contributed by atoms with Gasteiger partial charge in [-0.15, -0.1) is 0 Å². The molecule has 1 aromatic rings. The highest BCUT2D eigenvalue weighted by atomic mass is 19.1. The van der Waals surface area contributed by atoms with E-state index in [9.17, 15) is 4.39 Å². The Bertz CT molecular complexity index is 575. The highest BCUT2D eigenvalue weighted by Crippen LogP contribution is 2.29. The molecule has 1 heteroatoms. The Morgan fingerprint density at radius 3 is 2.35 bits per heavy atom. The lowest BCUT2D eigenvalue weighted by molar-refractivity contribution is 0.621. The Morgan fingerprint density at radius 2 is 1.85 bits per heavy atom. The van der Waals surface area contributed by atoms with E-state index >= 15 is 0 Å². The number of rotatable bonds is 4. The first-order valence-electron chi connectivity index (χ1n) is 6.82. The molecular weight excluding hydrogens is 247 g/mol. The van der Waals surface area contributed by atoms with Gasteiger partial charge in [-0.2, -0.15) is 0 Å². The summed E-state index contributed by atoms with van der Waals surface area (Å²) in [6.45, 7) is 13.6. The molecule has 0 aliphatic heterocycles. The highest BCUT2D eigenvalue weighted by molar-refractivity contribution is 5.74. The summed E-state index contributed by atoms with van der Waals surface area (Å²) in [4.78, 5) is 0. The van der Waals surface area contributed by atoms with Gasteiger partial charge in [-0.05, 0) is 68.5 Å². The van der Waals surface area contributed by atoms with Gasteiger partial charge in [0.05, 0.1) is 0 Å². The van der Waals surface area contributed by atoms with Crippen LogP contribution in [0.25, 0.3) is 5.57 Å². The molecule has 0 nitrogen and oxygen atoms in total. The molecule has 0 aliphatic rings. The molecule has 0 unspecified atom stereocenters. The maximum atomic E-state index is 14.3. The predicted molar refractivity (Wildman–Crippen MR) is 87.2 cm³/mol. The number of hydrogen-bond acceptors (Lipinski definition) is 0. The third-order valence-electron chi connectivity index (χ3n) is 3.45. The van der Waals surface area contributed by atoms with Crippen LogP contribution in [0.15, 0.2) is 54.2 Å². The van der Waals surface area contributed by atoms with Crippen LogP contribution in [-0.4, -0.2) is 0 Å². The molecule has 1 rings (SSSR count). The molecule has 0 fully saturated rings. The van der Waals surface area contributed by atoms with E-state index in [0.717, 1.165) is 27.8 Å². The lowest BCUT2D eigenvalue weighted by Gasteiger charge is -2.14. The van der Waals surface area contributed by atoms with Crippen molar-refractivity contribution in [3.05, 3.63) is 76.7 Å². The zero-order valence-electron chi connectivity index (χ0n) is 13.0. The van der Waals surface area contributed by atoms with Gasteiger partial charge >= 0.3 is 0 Å². The van der Waals surface area contributed by atoms with Crippen LogP contribution < -0.4 is 0 Å². The van der Waals surface area contributed by atoms with E-state index in [-0.39, 0.29) is 5.82 Å². The van der Waals surface area contributed by atoms with Crippen LogP contribution in [0.4, 0.5) is 4.39 Å². The van der Waals surface area contributed by atoms with Gasteiger partial charge in [0.2, 0.25) is 0 Å². The van der Waals surface area contributed by atoms with Crippen LogP contribution in [0.1, 0.15) is 37.5 Å². The van der Waals surface area contributed by atoms with E-state index in [0.29, 0.717) is 5.56 Å². The first-order valence-corrected chi connectivity index (χ1v) is 6.82. The van der Waals surface area contributed by atoms with Gasteiger partial charge < -0.3 is 0 Å². The number of halogens is 1. The SMILES string of the molecule is C=C/C=C(\C=C/C)C(/C)=C(/C)c1c(C)cc(C)cc1F. The Hall–Kier alpha value is -1.89. The standard InChI is InChI=1S/C19H23F/c1-7-9-17(10-8-2)15(5)16(6)19-14(4)11-13(3)12-18(19)20/h7-12H,1H2,2-6H3/b10-8-,16-15-,17-9+. The molecule has 0 heterocycles. The van der Waals surface area contributed by atoms with E-state index in [1.165, 1.54) is 0 Å². The molecule has 1 aromatic carbocycles. The fraction of sp³-hybridized carbons (Fsp3) is 0.263. The van der Waals surface area contributed by atoms with Gasteiger partial charge in [-0.1, -0.05) is 36.9 Å². The molecular formula is C19H23F. The van der Waals surface area contributed by atoms with E-state index < -0.39 is 0 Å². The topological polar surface area (TPSA) is 0 Å². The normalized spacial score (nSPS) is 13.6. The Balaban J connectivity index is 3.48. The summed E-state index contributed by atoms with van der Waals surface area (Å²) < 4.78 is 14.3. The zero-order valence-corrected chi connectivity index (χ0v) is 13.0. The second-order valence-electron chi connectivity index (χ2n) is 5.05.